The lowest BCUT2D eigenvalue weighted by Gasteiger charge is -2.14. The fourth-order valence-corrected chi connectivity index (χ4v) is 5.95. The Kier molecular flexibility index (Phi) is 10.1. The number of carbonyl (C=O) groups excluding carboxylic acids is 2. The van der Waals surface area contributed by atoms with Gasteiger partial charge >= 0.3 is 11.9 Å². The molecule has 0 saturated heterocycles. The highest BCUT2D eigenvalue weighted by Gasteiger charge is 2.25. The summed E-state index contributed by atoms with van der Waals surface area (Å²) in [5, 5.41) is 28.0. The standard InChI is InChI=1S/C36H33N5O8S/c1-19-6-7-23(14-20(19)2)16-22-8-11-26(12-9-22)38-40-32-21(3)15-25-18-29(50(45,46)47)33(34(42)30(25)31(32)37)41-39-28-17-24(35(43)48-4)10-13-27(28)36(44)49-5/h6-15,17-18,42H,16,37H2,1-5H3,(H,45,46,47). The quantitative estimate of drug-likeness (QED) is 0.0586. The molecular weight excluding hydrogens is 662 g/mol. The minimum atomic E-state index is -4.98. The third-order valence-corrected chi connectivity index (χ3v) is 8.95. The average molecular weight is 696 g/mol. The molecule has 0 unspecified atom stereocenters. The molecule has 5 aromatic carbocycles. The van der Waals surface area contributed by atoms with E-state index in [0.29, 0.717) is 11.3 Å². The van der Waals surface area contributed by atoms with Gasteiger partial charge in [0.1, 0.15) is 22.0 Å². The number of phenols is 1. The smallest absolute Gasteiger partial charge is 0.340 e. The Bertz CT molecular complexity index is 2340. The molecule has 5 rings (SSSR count). The van der Waals surface area contributed by atoms with Crippen LogP contribution < -0.4 is 5.73 Å². The minimum absolute atomic E-state index is 0.00227. The number of azo groups is 2. The summed E-state index contributed by atoms with van der Waals surface area (Å²) < 4.78 is 44.5. The molecule has 5 aromatic rings. The number of benzene rings is 5. The first kappa shape index (κ1) is 35.3. The van der Waals surface area contributed by atoms with Crippen molar-refractivity contribution in [1.29, 1.82) is 0 Å². The predicted molar refractivity (Wildman–Crippen MR) is 187 cm³/mol. The van der Waals surface area contributed by atoms with E-state index in [0.717, 1.165) is 32.3 Å². The number of aromatic hydroxyl groups is 1. The number of phenolic OH excluding ortho intramolecular Hbond substituents is 1. The molecule has 0 spiro atoms. The van der Waals surface area contributed by atoms with Crippen molar-refractivity contribution in [3.63, 3.8) is 0 Å². The van der Waals surface area contributed by atoms with Gasteiger partial charge < -0.3 is 20.3 Å². The minimum Gasteiger partial charge on any atom is -0.505 e. The molecule has 13 nitrogen and oxygen atoms in total. The summed E-state index contributed by atoms with van der Waals surface area (Å²) in [6.07, 6.45) is 0.750. The fraction of sp³-hybridized carbons (Fsp3) is 0.167. The Morgan fingerprint density at radius 2 is 1.40 bits per heavy atom. The van der Waals surface area contributed by atoms with E-state index in [2.05, 4.69) is 52.5 Å². The van der Waals surface area contributed by atoms with Gasteiger partial charge in [-0.1, -0.05) is 30.3 Å². The second kappa shape index (κ2) is 14.2. The van der Waals surface area contributed by atoms with Crippen LogP contribution >= 0.6 is 0 Å². The summed E-state index contributed by atoms with van der Waals surface area (Å²) in [7, 11) is -2.69. The van der Waals surface area contributed by atoms with Crippen LogP contribution in [0.25, 0.3) is 10.8 Å². The first-order valence-corrected chi connectivity index (χ1v) is 16.5. The molecule has 0 aliphatic carbocycles. The SMILES string of the molecule is COC(=O)c1ccc(C(=O)OC)c(N=Nc2c(S(=O)(=O)O)cc3cc(C)c(N=Nc4ccc(Cc5ccc(C)c(C)c5)cc4)c(N)c3c2O)c1. The van der Waals surface area contributed by atoms with Gasteiger partial charge in [0.15, 0.2) is 5.75 Å². The largest absolute Gasteiger partial charge is 0.505 e. The molecule has 0 aliphatic heterocycles. The molecule has 4 N–H and O–H groups in total. The van der Waals surface area contributed by atoms with Crippen LogP contribution in [0.2, 0.25) is 0 Å². The zero-order chi connectivity index (χ0) is 36.3. The van der Waals surface area contributed by atoms with Gasteiger partial charge in [-0.2, -0.15) is 13.5 Å². The number of nitrogens with zero attached hydrogens (tertiary/aromatic N) is 4. The van der Waals surface area contributed by atoms with Gasteiger partial charge in [0, 0.05) is 0 Å². The van der Waals surface area contributed by atoms with Crippen molar-refractivity contribution >= 4 is 61.3 Å². The predicted octanol–water partition coefficient (Wildman–Crippen LogP) is 8.29. The normalized spacial score (nSPS) is 11.8. The lowest BCUT2D eigenvalue weighted by Crippen LogP contribution is -2.05. The van der Waals surface area contributed by atoms with Crippen LogP contribution in [0.15, 0.2) is 98.1 Å². The van der Waals surface area contributed by atoms with Gasteiger partial charge in [-0.05, 0) is 103 Å². The zero-order valence-corrected chi connectivity index (χ0v) is 28.6. The van der Waals surface area contributed by atoms with Crippen LogP contribution in [0.3, 0.4) is 0 Å². The summed E-state index contributed by atoms with van der Waals surface area (Å²) in [5.41, 5.74) is 11.4. The number of hydrogen-bond donors (Lipinski definition) is 3. The maximum atomic E-state index is 12.5. The molecule has 0 amide bonds. The molecule has 0 aromatic heterocycles. The summed E-state index contributed by atoms with van der Waals surface area (Å²) in [6, 6.07) is 20.2. The summed E-state index contributed by atoms with van der Waals surface area (Å²) in [5.74, 6) is -2.32. The number of ether oxygens (including phenoxy) is 2. The summed E-state index contributed by atoms with van der Waals surface area (Å²) in [6.45, 7) is 5.83. The topological polar surface area (TPSA) is 203 Å². The van der Waals surface area contributed by atoms with Crippen LogP contribution in [0.4, 0.5) is 28.4 Å². The number of rotatable bonds is 9. The number of hydrogen-bond acceptors (Lipinski definition) is 12. The molecule has 0 heterocycles. The highest BCUT2D eigenvalue weighted by molar-refractivity contribution is 7.86. The number of fused-ring (bicyclic) bond motifs is 1. The van der Waals surface area contributed by atoms with Gasteiger partial charge in [-0.3, -0.25) is 4.55 Å². The van der Waals surface area contributed by atoms with Gasteiger partial charge in [0.25, 0.3) is 10.1 Å². The van der Waals surface area contributed by atoms with Crippen molar-refractivity contribution in [2.24, 2.45) is 20.5 Å². The molecule has 14 heteroatoms. The number of aryl methyl sites for hydroxylation is 3. The first-order chi connectivity index (χ1) is 23.7. The van der Waals surface area contributed by atoms with Crippen molar-refractivity contribution in [3.05, 3.63) is 112 Å². The van der Waals surface area contributed by atoms with Crippen LogP contribution in [0.5, 0.6) is 5.75 Å². The molecule has 0 atom stereocenters. The Balaban J connectivity index is 1.56. The second-order valence-electron chi connectivity index (χ2n) is 11.5. The van der Waals surface area contributed by atoms with Gasteiger partial charge in [-0.25, -0.2) is 9.59 Å². The molecule has 0 aliphatic rings. The monoisotopic (exact) mass is 695 g/mol. The van der Waals surface area contributed by atoms with Gasteiger partial charge in [0.2, 0.25) is 0 Å². The van der Waals surface area contributed by atoms with Crippen molar-refractivity contribution in [2.45, 2.75) is 32.1 Å². The molecule has 0 saturated carbocycles. The van der Waals surface area contributed by atoms with Crippen molar-refractivity contribution in [3.8, 4) is 5.75 Å². The number of carbonyl (C=O) groups is 2. The molecule has 0 bridgehead atoms. The number of methoxy groups -OCH3 is 2. The van der Waals surface area contributed by atoms with Crippen LogP contribution in [-0.4, -0.2) is 44.2 Å². The van der Waals surface area contributed by atoms with Gasteiger partial charge in [0.05, 0.1) is 42.1 Å². The lowest BCUT2D eigenvalue weighted by atomic mass is 10.0. The van der Waals surface area contributed by atoms with Crippen molar-refractivity contribution in [2.75, 3.05) is 20.0 Å². The van der Waals surface area contributed by atoms with Crippen LogP contribution in [0, 0.1) is 20.8 Å². The van der Waals surface area contributed by atoms with Gasteiger partial charge in [-0.15, -0.1) is 15.3 Å². The molecule has 0 radical (unpaired) electrons. The number of esters is 2. The Labute approximate surface area is 287 Å². The third kappa shape index (κ3) is 7.36. The fourth-order valence-electron chi connectivity index (χ4n) is 5.29. The summed E-state index contributed by atoms with van der Waals surface area (Å²) in [4.78, 5) is 23.7. The van der Waals surface area contributed by atoms with Crippen molar-refractivity contribution < 1.29 is 37.1 Å². The number of nitrogens with two attached hydrogens (primary N) is 1. The van der Waals surface area contributed by atoms with E-state index in [9.17, 15) is 27.7 Å². The van der Waals surface area contributed by atoms with E-state index < -0.39 is 38.4 Å². The highest BCUT2D eigenvalue weighted by Crippen LogP contribution is 2.47. The molecule has 0 fully saturated rings. The maximum absolute atomic E-state index is 12.5. The van der Waals surface area contributed by atoms with E-state index in [-0.39, 0.29) is 39.0 Å². The van der Waals surface area contributed by atoms with Crippen molar-refractivity contribution in [1.82, 2.24) is 0 Å². The molecule has 256 valence electrons. The molecule has 50 heavy (non-hydrogen) atoms. The number of anilines is 1. The second-order valence-corrected chi connectivity index (χ2v) is 12.9. The molecular formula is C36H33N5O8S. The maximum Gasteiger partial charge on any atom is 0.340 e. The average Bonchev–Trinajstić information content (AvgIpc) is 3.08. The Morgan fingerprint density at radius 1 is 0.740 bits per heavy atom. The van der Waals surface area contributed by atoms with E-state index in [1.165, 1.54) is 41.0 Å². The number of nitrogen functional groups attached to an aromatic ring is 1. The van der Waals surface area contributed by atoms with E-state index in [1.54, 1.807) is 6.92 Å². The first-order valence-electron chi connectivity index (χ1n) is 15.1. The highest BCUT2D eigenvalue weighted by atomic mass is 32.2. The summed E-state index contributed by atoms with van der Waals surface area (Å²) >= 11 is 0. The van der Waals surface area contributed by atoms with E-state index in [1.807, 2.05) is 24.3 Å². The van der Waals surface area contributed by atoms with E-state index >= 15 is 0 Å². The van der Waals surface area contributed by atoms with Crippen LogP contribution in [0.1, 0.15) is 48.5 Å². The zero-order valence-electron chi connectivity index (χ0n) is 27.8. The lowest BCUT2D eigenvalue weighted by molar-refractivity contribution is 0.0587. The van der Waals surface area contributed by atoms with E-state index in [4.69, 9.17) is 15.2 Å². The third-order valence-electron chi connectivity index (χ3n) is 8.08. The van der Waals surface area contributed by atoms with Crippen LogP contribution in [-0.2, 0) is 26.0 Å². The Morgan fingerprint density at radius 3 is 2.04 bits per heavy atom. The Hall–Kier alpha value is -5.99.